The molecule has 0 aromatic heterocycles. The van der Waals surface area contributed by atoms with Crippen molar-refractivity contribution in [2.24, 2.45) is 0 Å². The first-order chi connectivity index (χ1) is 9.36. The summed E-state index contributed by atoms with van der Waals surface area (Å²) in [6.45, 7) is -0.0247. The van der Waals surface area contributed by atoms with E-state index in [1.807, 2.05) is 0 Å². The first-order valence-electron chi connectivity index (χ1n) is 5.62. The first-order valence-corrected chi connectivity index (χ1v) is 5.62. The Morgan fingerprint density at radius 3 is 2.45 bits per heavy atom. The number of fused-ring (bicyclic) bond motifs is 1. The van der Waals surface area contributed by atoms with Crippen molar-refractivity contribution >= 4 is 5.97 Å². The van der Waals surface area contributed by atoms with Gasteiger partial charge in [0.05, 0.1) is 7.11 Å². The lowest BCUT2D eigenvalue weighted by Crippen LogP contribution is -2.22. The van der Waals surface area contributed by atoms with E-state index < -0.39 is 29.6 Å². The highest BCUT2D eigenvalue weighted by atomic mass is 19.4. The first kappa shape index (κ1) is 14.4. The molecule has 1 heterocycles. The largest absolute Gasteiger partial charge is 0.486 e. The van der Waals surface area contributed by atoms with E-state index in [0.717, 1.165) is 19.2 Å². The third-order valence-electron chi connectivity index (χ3n) is 2.74. The third-order valence-corrected chi connectivity index (χ3v) is 2.74. The van der Waals surface area contributed by atoms with Gasteiger partial charge < -0.3 is 19.3 Å². The molecule has 1 atom stereocenters. The number of halogens is 3. The highest BCUT2D eigenvalue weighted by Crippen LogP contribution is 2.46. The number of esters is 1. The topological polar surface area (TPSA) is 65.0 Å². The molecule has 110 valence electrons. The SMILES string of the molecule is COC(=O)C(O)c1ccc(C(F)(F)F)c2c1OCCO2. The molecule has 1 aromatic rings. The smallest absolute Gasteiger partial charge is 0.420 e. The van der Waals surface area contributed by atoms with Crippen molar-refractivity contribution in [1.29, 1.82) is 0 Å². The number of alkyl halides is 3. The maximum Gasteiger partial charge on any atom is 0.420 e. The Balaban J connectivity index is 2.54. The highest BCUT2D eigenvalue weighted by Gasteiger charge is 2.39. The summed E-state index contributed by atoms with van der Waals surface area (Å²) in [4.78, 5) is 11.3. The van der Waals surface area contributed by atoms with Gasteiger partial charge >= 0.3 is 12.1 Å². The van der Waals surface area contributed by atoms with Crippen LogP contribution in [0.15, 0.2) is 12.1 Å². The number of benzene rings is 1. The number of hydrogen-bond acceptors (Lipinski definition) is 5. The Morgan fingerprint density at radius 1 is 1.30 bits per heavy atom. The Morgan fingerprint density at radius 2 is 1.90 bits per heavy atom. The van der Waals surface area contributed by atoms with Gasteiger partial charge in [0.25, 0.3) is 0 Å². The average Bonchev–Trinajstić information content (AvgIpc) is 2.43. The number of rotatable bonds is 2. The molecule has 1 aromatic carbocycles. The van der Waals surface area contributed by atoms with Gasteiger partial charge in [-0.15, -0.1) is 0 Å². The minimum Gasteiger partial charge on any atom is -0.486 e. The summed E-state index contributed by atoms with van der Waals surface area (Å²) in [6.07, 6.45) is -6.36. The molecule has 0 amide bonds. The van der Waals surface area contributed by atoms with Crippen LogP contribution in [0.5, 0.6) is 11.5 Å². The summed E-state index contributed by atoms with van der Waals surface area (Å²) in [5.74, 6) is -1.81. The lowest BCUT2D eigenvalue weighted by atomic mass is 10.0. The van der Waals surface area contributed by atoms with Crippen molar-refractivity contribution in [2.45, 2.75) is 12.3 Å². The summed E-state index contributed by atoms with van der Waals surface area (Å²) < 4.78 is 53.0. The standard InChI is InChI=1S/C12H11F3O5/c1-18-11(17)8(16)6-2-3-7(12(13,14)15)10-9(6)19-4-5-20-10/h2-3,8,16H,4-5H2,1H3. The van der Waals surface area contributed by atoms with Crippen molar-refractivity contribution < 1.29 is 37.3 Å². The minimum atomic E-state index is -4.63. The molecule has 1 unspecified atom stereocenters. The monoisotopic (exact) mass is 292 g/mol. The predicted molar refractivity (Wildman–Crippen MR) is 59.4 cm³/mol. The molecule has 0 aliphatic carbocycles. The van der Waals surface area contributed by atoms with Crippen molar-refractivity contribution in [1.82, 2.24) is 0 Å². The fraction of sp³-hybridized carbons (Fsp3) is 0.417. The maximum atomic E-state index is 12.8. The summed E-state index contributed by atoms with van der Waals surface area (Å²) >= 11 is 0. The lowest BCUT2D eigenvalue weighted by molar-refractivity contribution is -0.150. The molecule has 0 saturated heterocycles. The zero-order chi connectivity index (χ0) is 14.9. The van der Waals surface area contributed by atoms with E-state index >= 15 is 0 Å². The third kappa shape index (κ3) is 2.51. The molecular formula is C12H11F3O5. The zero-order valence-electron chi connectivity index (χ0n) is 10.4. The maximum absolute atomic E-state index is 12.8. The summed E-state index contributed by atoms with van der Waals surface area (Å²) in [5, 5.41) is 9.75. The van der Waals surface area contributed by atoms with E-state index in [1.165, 1.54) is 0 Å². The molecule has 0 fully saturated rings. The van der Waals surface area contributed by atoms with Crippen LogP contribution in [0.3, 0.4) is 0 Å². The lowest BCUT2D eigenvalue weighted by Gasteiger charge is -2.25. The number of hydrogen-bond donors (Lipinski definition) is 1. The second kappa shape index (κ2) is 5.20. The van der Waals surface area contributed by atoms with E-state index in [-0.39, 0.29) is 24.5 Å². The van der Waals surface area contributed by atoms with Crippen LogP contribution in [-0.2, 0) is 15.7 Å². The van der Waals surface area contributed by atoms with E-state index in [4.69, 9.17) is 9.47 Å². The fourth-order valence-electron chi connectivity index (χ4n) is 1.83. The van der Waals surface area contributed by atoms with Crippen molar-refractivity contribution in [3.05, 3.63) is 23.3 Å². The quantitative estimate of drug-likeness (QED) is 0.840. The molecule has 8 heteroatoms. The molecule has 2 rings (SSSR count). The van der Waals surface area contributed by atoms with Gasteiger partial charge in [0.1, 0.15) is 18.8 Å². The van der Waals surface area contributed by atoms with Crippen molar-refractivity contribution in [3.63, 3.8) is 0 Å². The van der Waals surface area contributed by atoms with Gasteiger partial charge in [0.2, 0.25) is 0 Å². The summed E-state index contributed by atoms with van der Waals surface area (Å²) in [7, 11) is 1.06. The predicted octanol–water partition coefficient (Wildman–Crippen LogP) is 1.68. The van der Waals surface area contributed by atoms with E-state index in [0.29, 0.717) is 0 Å². The Labute approximate surface area is 111 Å². The molecular weight excluding hydrogens is 281 g/mol. The molecule has 0 radical (unpaired) electrons. The molecule has 0 bridgehead atoms. The van der Waals surface area contributed by atoms with Gasteiger partial charge in [-0.3, -0.25) is 0 Å². The van der Waals surface area contributed by atoms with Gasteiger partial charge in [-0.1, -0.05) is 6.07 Å². The number of aliphatic hydroxyl groups excluding tert-OH is 1. The molecule has 20 heavy (non-hydrogen) atoms. The van der Waals surface area contributed by atoms with Crippen LogP contribution in [0, 0.1) is 0 Å². The highest BCUT2D eigenvalue weighted by molar-refractivity contribution is 5.78. The Kier molecular flexibility index (Phi) is 3.76. The van der Waals surface area contributed by atoms with E-state index in [9.17, 15) is 23.1 Å². The zero-order valence-corrected chi connectivity index (χ0v) is 10.4. The molecule has 0 saturated carbocycles. The number of carbonyl (C=O) groups is 1. The molecule has 1 aliphatic rings. The number of aliphatic hydroxyl groups is 1. The summed E-state index contributed by atoms with van der Waals surface area (Å²) in [5.41, 5.74) is -1.15. The summed E-state index contributed by atoms with van der Waals surface area (Å²) in [6, 6.07) is 1.70. The van der Waals surface area contributed by atoms with Crippen LogP contribution in [0.4, 0.5) is 13.2 Å². The molecule has 1 N–H and O–H groups in total. The Hall–Kier alpha value is -1.96. The van der Waals surface area contributed by atoms with Crippen molar-refractivity contribution in [2.75, 3.05) is 20.3 Å². The van der Waals surface area contributed by atoms with E-state index in [1.54, 1.807) is 0 Å². The van der Waals surface area contributed by atoms with Gasteiger partial charge in [0, 0.05) is 5.56 Å². The van der Waals surface area contributed by atoms with Crippen LogP contribution in [0.1, 0.15) is 17.2 Å². The molecule has 1 aliphatic heterocycles. The number of methoxy groups -OCH3 is 1. The second-order valence-corrected chi connectivity index (χ2v) is 3.98. The Bertz CT molecular complexity index is 527. The van der Waals surface area contributed by atoms with Gasteiger partial charge in [-0.25, -0.2) is 4.79 Å². The van der Waals surface area contributed by atoms with Crippen LogP contribution < -0.4 is 9.47 Å². The van der Waals surface area contributed by atoms with Crippen LogP contribution >= 0.6 is 0 Å². The average molecular weight is 292 g/mol. The van der Waals surface area contributed by atoms with Gasteiger partial charge in [-0.2, -0.15) is 13.2 Å². The fourth-order valence-corrected chi connectivity index (χ4v) is 1.83. The number of carbonyl (C=O) groups excluding carboxylic acids is 1. The number of ether oxygens (including phenoxy) is 3. The minimum absolute atomic E-state index is 0.0230. The van der Waals surface area contributed by atoms with Crippen molar-refractivity contribution in [3.8, 4) is 11.5 Å². The van der Waals surface area contributed by atoms with Gasteiger partial charge in [0.15, 0.2) is 17.6 Å². The molecule has 0 spiro atoms. The van der Waals surface area contributed by atoms with Crippen LogP contribution in [0.25, 0.3) is 0 Å². The van der Waals surface area contributed by atoms with Gasteiger partial charge in [-0.05, 0) is 6.07 Å². The second-order valence-electron chi connectivity index (χ2n) is 3.98. The normalized spacial score (nSPS) is 15.7. The van der Waals surface area contributed by atoms with Crippen LogP contribution in [-0.4, -0.2) is 31.4 Å². The molecule has 5 nitrogen and oxygen atoms in total. The van der Waals surface area contributed by atoms with E-state index in [2.05, 4.69) is 4.74 Å². The van der Waals surface area contributed by atoms with Crippen LogP contribution in [0.2, 0.25) is 0 Å².